The summed E-state index contributed by atoms with van der Waals surface area (Å²) in [5.41, 5.74) is 8.41. The molecule has 0 aromatic carbocycles. The van der Waals surface area contributed by atoms with Gasteiger partial charge in [0.15, 0.2) is 5.69 Å². The number of carboxylic acids is 1. The zero-order valence-corrected chi connectivity index (χ0v) is 22.1. The number of hydrogen-bond acceptors (Lipinski definition) is 7. The maximum atomic E-state index is 11.4. The molecule has 0 saturated carbocycles. The van der Waals surface area contributed by atoms with Crippen molar-refractivity contribution in [3.05, 3.63) is 46.6 Å². The fraction of sp³-hybridized carbons (Fsp3) is 0.643. The van der Waals surface area contributed by atoms with Crippen LogP contribution in [0, 0.1) is 27.7 Å². The molecule has 2 rings (SSSR count). The molecule has 2 heterocycles. The van der Waals surface area contributed by atoms with Crippen LogP contribution in [-0.2, 0) is 0 Å². The normalized spacial score (nSPS) is 7.76. The van der Waals surface area contributed by atoms with Gasteiger partial charge in [0.2, 0.25) is 0 Å². The third-order valence-corrected chi connectivity index (χ3v) is 3.43. The number of carbonyl (C=O) groups excluding carboxylic acids is 1. The zero-order valence-electron chi connectivity index (χ0n) is 22.1. The van der Waals surface area contributed by atoms with Crippen molar-refractivity contribution in [1.82, 2.24) is 25.3 Å². The average molecular weight is 529 g/mol. The molecular formula is C28H60N6O3. The van der Waals surface area contributed by atoms with Gasteiger partial charge < -0.3 is 16.2 Å². The molecule has 0 aliphatic carbocycles. The van der Waals surface area contributed by atoms with Gasteiger partial charge in [0.25, 0.3) is 5.91 Å². The Labute approximate surface area is 229 Å². The molecule has 0 aliphatic heterocycles. The van der Waals surface area contributed by atoms with Crippen LogP contribution < -0.4 is 11.1 Å². The van der Waals surface area contributed by atoms with Gasteiger partial charge in [-0.05, 0) is 41.2 Å². The number of aromatic nitrogens is 4. The van der Waals surface area contributed by atoms with Crippen LogP contribution in [0.3, 0.4) is 0 Å². The minimum atomic E-state index is -1.01. The van der Waals surface area contributed by atoms with E-state index < -0.39 is 5.97 Å². The fourth-order valence-electron chi connectivity index (χ4n) is 1.77. The summed E-state index contributed by atoms with van der Waals surface area (Å²) in [7, 11) is 0. The number of carbonyl (C=O) groups is 2. The van der Waals surface area contributed by atoms with E-state index in [0.717, 1.165) is 17.8 Å². The van der Waals surface area contributed by atoms with Crippen LogP contribution in [0.1, 0.15) is 128 Å². The lowest BCUT2D eigenvalue weighted by atomic mass is 10.2. The predicted octanol–water partition coefficient (Wildman–Crippen LogP) is 6.98. The summed E-state index contributed by atoms with van der Waals surface area (Å²) < 4.78 is 0. The first-order valence-electron chi connectivity index (χ1n) is 11.3. The highest BCUT2D eigenvalue weighted by molar-refractivity contribution is 5.93. The van der Waals surface area contributed by atoms with Crippen molar-refractivity contribution >= 4 is 11.9 Å². The Kier molecular flexibility index (Phi) is 45.4. The van der Waals surface area contributed by atoms with Crippen LogP contribution in [-0.4, -0.2) is 50.0 Å². The first-order chi connectivity index (χ1) is 15.5. The summed E-state index contributed by atoms with van der Waals surface area (Å²) in [4.78, 5) is 37.3. The number of nitrogens with two attached hydrogens (primary N) is 1. The Balaban J connectivity index is -0.0000000685. The second-order valence-electron chi connectivity index (χ2n) is 6.85. The molecule has 0 spiro atoms. The maximum absolute atomic E-state index is 11.4. The first kappa shape index (κ1) is 50.8. The molecule has 220 valence electrons. The lowest BCUT2D eigenvalue weighted by Gasteiger charge is -2.05. The van der Waals surface area contributed by atoms with Gasteiger partial charge in [0, 0.05) is 29.1 Å². The molecule has 0 aliphatic rings. The quantitative estimate of drug-likeness (QED) is 0.387. The van der Waals surface area contributed by atoms with E-state index >= 15 is 0 Å². The molecule has 9 nitrogen and oxygen atoms in total. The summed E-state index contributed by atoms with van der Waals surface area (Å²) in [6.07, 6.45) is 5.17. The van der Waals surface area contributed by atoms with E-state index in [1.54, 1.807) is 13.8 Å². The maximum Gasteiger partial charge on any atom is 0.354 e. The summed E-state index contributed by atoms with van der Waals surface area (Å²) in [6, 6.07) is 0. The van der Waals surface area contributed by atoms with Crippen molar-refractivity contribution < 1.29 is 14.7 Å². The van der Waals surface area contributed by atoms with E-state index in [1.165, 1.54) is 25.5 Å². The van der Waals surface area contributed by atoms with Crippen molar-refractivity contribution in [3.63, 3.8) is 0 Å². The number of amides is 1. The smallest absolute Gasteiger partial charge is 0.354 e. The number of nitrogens with zero attached hydrogens (tertiary/aromatic N) is 4. The van der Waals surface area contributed by atoms with Gasteiger partial charge in [-0.2, -0.15) is 0 Å². The molecule has 0 fully saturated rings. The van der Waals surface area contributed by atoms with Gasteiger partial charge in [0.05, 0.1) is 0 Å². The van der Waals surface area contributed by atoms with Crippen molar-refractivity contribution in [2.45, 2.75) is 112 Å². The molecule has 37 heavy (non-hydrogen) atoms. The Morgan fingerprint density at radius 1 is 0.730 bits per heavy atom. The molecule has 2 aromatic heterocycles. The molecule has 2 aromatic rings. The summed E-state index contributed by atoms with van der Waals surface area (Å²) >= 11 is 0. The third-order valence-electron chi connectivity index (χ3n) is 3.43. The highest BCUT2D eigenvalue weighted by Gasteiger charge is 2.11. The number of nitrogens with one attached hydrogen (secondary N) is 1. The van der Waals surface area contributed by atoms with Crippen LogP contribution in [0.25, 0.3) is 0 Å². The Hall–Kier alpha value is -2.94. The summed E-state index contributed by atoms with van der Waals surface area (Å²) in [6.45, 7) is 20.8. The molecule has 0 unspecified atom stereocenters. The standard InChI is InChI=1S/C9H13N3O.C7H8N2O2.2C3H8.C2H7N.4CH4/c1-4-10-9(13)8-6(2)7(3)11-5-12-8;1-4-5(2)8-3-9-6(4)7(10)11;2*1-3-2;1-2-3;;;;/h5H,4H2,1-3H3,(H,10,13);3H,1-2H3,(H,10,11);2*3H2,1-2H3;2-3H2,1H3;4*1H4. The molecule has 0 saturated heterocycles. The van der Waals surface area contributed by atoms with Gasteiger partial charge in [-0.25, -0.2) is 24.7 Å². The zero-order chi connectivity index (χ0) is 26.4. The molecule has 0 bridgehead atoms. The monoisotopic (exact) mass is 528 g/mol. The van der Waals surface area contributed by atoms with Gasteiger partial charge in [-0.3, -0.25) is 4.79 Å². The number of rotatable bonds is 3. The third kappa shape index (κ3) is 24.5. The lowest BCUT2D eigenvalue weighted by molar-refractivity contribution is 0.0689. The molecule has 9 heteroatoms. The second kappa shape index (κ2) is 33.1. The number of aromatic carboxylic acids is 1. The summed E-state index contributed by atoms with van der Waals surface area (Å²) in [5, 5.41) is 11.3. The van der Waals surface area contributed by atoms with Crippen molar-refractivity contribution in [2.24, 2.45) is 5.73 Å². The minimum Gasteiger partial charge on any atom is -0.477 e. The van der Waals surface area contributed by atoms with Crippen LogP contribution >= 0.6 is 0 Å². The van der Waals surface area contributed by atoms with Gasteiger partial charge in [-0.15, -0.1) is 0 Å². The highest BCUT2D eigenvalue weighted by atomic mass is 16.4. The summed E-state index contributed by atoms with van der Waals surface area (Å²) in [5.74, 6) is -1.14. The van der Waals surface area contributed by atoms with E-state index in [1.807, 2.05) is 27.7 Å². The fourth-order valence-corrected chi connectivity index (χ4v) is 1.77. The Morgan fingerprint density at radius 3 is 1.30 bits per heavy atom. The first-order valence-corrected chi connectivity index (χ1v) is 11.3. The van der Waals surface area contributed by atoms with E-state index in [2.05, 4.69) is 52.9 Å². The van der Waals surface area contributed by atoms with Crippen molar-refractivity contribution in [3.8, 4) is 0 Å². The average Bonchev–Trinajstić information content (AvgIpc) is 2.74. The highest BCUT2D eigenvalue weighted by Crippen LogP contribution is 2.07. The number of hydrogen-bond donors (Lipinski definition) is 3. The SMILES string of the molecule is C.C.C.C.CCC.CCC.CCN.CCNC(=O)c1ncnc(C)c1C.Cc1ncnc(C(=O)O)c1C. The minimum absolute atomic E-state index is 0. The van der Waals surface area contributed by atoms with E-state index in [-0.39, 0.29) is 41.3 Å². The van der Waals surface area contributed by atoms with Crippen LogP contribution in [0.5, 0.6) is 0 Å². The van der Waals surface area contributed by atoms with E-state index in [9.17, 15) is 9.59 Å². The lowest BCUT2D eigenvalue weighted by Crippen LogP contribution is -2.25. The van der Waals surface area contributed by atoms with E-state index in [4.69, 9.17) is 10.8 Å². The second-order valence-corrected chi connectivity index (χ2v) is 6.85. The van der Waals surface area contributed by atoms with Crippen LogP contribution in [0.15, 0.2) is 12.7 Å². The van der Waals surface area contributed by atoms with Gasteiger partial charge >= 0.3 is 5.97 Å². The number of aryl methyl sites for hydroxylation is 2. The number of carboxylic acid groups (broad SMARTS) is 1. The molecule has 0 atom stereocenters. The van der Waals surface area contributed by atoms with Crippen molar-refractivity contribution in [1.29, 1.82) is 0 Å². The van der Waals surface area contributed by atoms with Gasteiger partial charge in [-0.1, -0.05) is 77.2 Å². The molecule has 1 amide bonds. The molecular weight excluding hydrogens is 468 g/mol. The largest absolute Gasteiger partial charge is 0.477 e. The Bertz CT molecular complexity index is 795. The molecule has 0 radical (unpaired) electrons. The van der Waals surface area contributed by atoms with Crippen molar-refractivity contribution in [2.75, 3.05) is 13.1 Å². The molecule has 4 N–H and O–H groups in total. The van der Waals surface area contributed by atoms with Crippen LogP contribution in [0.4, 0.5) is 0 Å². The topological polar surface area (TPSA) is 144 Å². The van der Waals surface area contributed by atoms with Gasteiger partial charge in [0.1, 0.15) is 18.3 Å². The Morgan fingerprint density at radius 2 is 1.03 bits per heavy atom. The van der Waals surface area contributed by atoms with Crippen LogP contribution in [0.2, 0.25) is 0 Å². The van der Waals surface area contributed by atoms with E-state index in [0.29, 0.717) is 23.5 Å². The predicted molar refractivity (Wildman–Crippen MR) is 162 cm³/mol.